The lowest BCUT2D eigenvalue weighted by Crippen LogP contribution is -2.52. The van der Waals surface area contributed by atoms with E-state index in [9.17, 15) is 40.5 Å². The minimum absolute atomic E-state index is 0.0464. The van der Waals surface area contributed by atoms with Crippen LogP contribution >= 0.6 is 11.6 Å². The van der Waals surface area contributed by atoms with E-state index in [1.807, 2.05) is 12.1 Å². The summed E-state index contributed by atoms with van der Waals surface area (Å²) in [5.41, 5.74) is 11.9. The molecule has 0 saturated carbocycles. The van der Waals surface area contributed by atoms with Gasteiger partial charge in [-0.2, -0.15) is 0 Å². The van der Waals surface area contributed by atoms with Crippen molar-refractivity contribution in [1.82, 2.24) is 25.5 Å². The lowest BCUT2D eigenvalue weighted by molar-refractivity contribution is -0.122. The van der Waals surface area contributed by atoms with Crippen LogP contribution in [0, 0.1) is 5.41 Å². The van der Waals surface area contributed by atoms with E-state index in [1.54, 1.807) is 12.1 Å². The number of nitrogens with zero attached hydrogens (tertiary/aromatic N) is 3. The molecule has 0 fully saturated rings. The third-order valence-corrected chi connectivity index (χ3v) is 7.81. The Kier molecular flexibility index (Phi) is 18.5. The van der Waals surface area contributed by atoms with Gasteiger partial charge in [0.15, 0.2) is 28.4 Å². The topological polar surface area (TPSA) is 337 Å². The van der Waals surface area contributed by atoms with Crippen molar-refractivity contribution in [2.45, 2.75) is 68.4 Å². The molecule has 0 radical (unpaired) electrons. The van der Waals surface area contributed by atoms with Gasteiger partial charge < -0.3 is 67.5 Å². The summed E-state index contributed by atoms with van der Waals surface area (Å²) >= 11 is 5.79. The number of nitrogen functional groups attached to an aromatic ring is 2. The summed E-state index contributed by atoms with van der Waals surface area (Å²) in [7, 11) is 0. The Hall–Kier alpha value is -3.47. The van der Waals surface area contributed by atoms with E-state index in [4.69, 9.17) is 43.4 Å². The van der Waals surface area contributed by atoms with Crippen molar-refractivity contribution in [2.75, 3.05) is 57.5 Å². The van der Waals surface area contributed by atoms with Crippen LogP contribution in [0.25, 0.3) is 0 Å². The van der Waals surface area contributed by atoms with Gasteiger partial charge in [0, 0.05) is 32.6 Å². The third kappa shape index (κ3) is 14.4. The number of amides is 1. The number of carbonyl (C=O) groups excluding carboxylic acids is 1. The number of unbranched alkanes of at least 4 members (excludes halogenated alkanes) is 1. The fourth-order valence-electron chi connectivity index (χ4n) is 4.63. The SMILES string of the molecule is N=C(NCCCCc1ccc(OCCN(C[C@H](O)[C@@H](O)[C@H](O)[C@H](O)CO)C[C@H](O)[C@@H](O)C[C@H](O)CO)cc1)NC(=O)c1nc(Cl)c(N)nc1N. The molecule has 0 spiro atoms. The minimum atomic E-state index is -1.85. The van der Waals surface area contributed by atoms with Crippen molar-refractivity contribution in [3.05, 3.63) is 40.7 Å². The fourth-order valence-corrected chi connectivity index (χ4v) is 4.75. The molecule has 0 unspecified atom stereocenters. The Morgan fingerprint density at radius 1 is 0.880 bits per heavy atom. The van der Waals surface area contributed by atoms with Crippen molar-refractivity contribution >= 4 is 35.1 Å². The van der Waals surface area contributed by atoms with Crippen molar-refractivity contribution in [3.8, 4) is 5.75 Å². The molecule has 1 aromatic carbocycles. The second-order valence-corrected chi connectivity index (χ2v) is 12.0. The number of carbonyl (C=O) groups is 1. The first-order chi connectivity index (χ1) is 23.7. The molecule has 0 saturated heterocycles. The predicted molar refractivity (Wildman–Crippen MR) is 181 cm³/mol. The number of halogens is 1. The maximum atomic E-state index is 12.3. The normalized spacial score (nSPS) is 15.8. The number of aliphatic hydroxyl groups is 9. The molecule has 7 atom stereocenters. The zero-order valence-corrected chi connectivity index (χ0v) is 28.1. The van der Waals surface area contributed by atoms with Gasteiger partial charge in [0.1, 0.15) is 30.7 Å². The molecule has 50 heavy (non-hydrogen) atoms. The summed E-state index contributed by atoms with van der Waals surface area (Å²) < 4.78 is 5.79. The number of benzene rings is 1. The van der Waals surface area contributed by atoms with Gasteiger partial charge in [-0.15, -0.1) is 0 Å². The molecule has 1 heterocycles. The first-order valence-corrected chi connectivity index (χ1v) is 16.2. The van der Waals surface area contributed by atoms with Crippen LogP contribution in [0.15, 0.2) is 24.3 Å². The standard InChI is InChI=1S/C30H49ClN8O11/c31-26-28(33)37-27(32)23(36-26)29(49)38-30(34)35-8-2-1-3-16-4-6-18(7-5-16)50-10-9-39(12-20(44)19(43)11-17(42)14-40)13-21(45)24(47)25(48)22(46)15-41/h4-7,17,19-22,24-25,40-48H,1-3,8-15H2,(H4,32,33,37)(H3,34,35,38,49)/t17-,19-,20-,21-,22+,24+,25+/m0/s1. The molecule has 1 amide bonds. The number of ether oxygens (including phenoxy) is 1. The van der Waals surface area contributed by atoms with E-state index in [1.165, 1.54) is 4.90 Å². The monoisotopic (exact) mass is 732 g/mol. The van der Waals surface area contributed by atoms with Gasteiger partial charge in [0.2, 0.25) is 0 Å². The van der Waals surface area contributed by atoms with Gasteiger partial charge in [-0.3, -0.25) is 20.4 Å². The number of guanidine groups is 1. The lowest BCUT2D eigenvalue weighted by atomic mass is 10.0. The van der Waals surface area contributed by atoms with Gasteiger partial charge in [-0.05, 0) is 37.0 Å². The number of hydrogen-bond acceptors (Lipinski definition) is 17. The quantitative estimate of drug-likeness (QED) is 0.0313. The summed E-state index contributed by atoms with van der Waals surface area (Å²) in [5, 5.41) is 101. The Labute approximate surface area is 293 Å². The largest absolute Gasteiger partial charge is 0.492 e. The molecule has 2 aromatic rings. The molecular weight excluding hydrogens is 684 g/mol. The van der Waals surface area contributed by atoms with Gasteiger partial charge >= 0.3 is 0 Å². The molecule has 0 aliphatic carbocycles. The molecule has 0 bridgehead atoms. The number of hydrogen-bond donors (Lipinski definition) is 14. The number of aromatic nitrogens is 2. The average Bonchev–Trinajstić information content (AvgIpc) is 3.08. The number of aryl methyl sites for hydroxylation is 1. The van der Waals surface area contributed by atoms with Crippen LogP contribution in [0.4, 0.5) is 11.6 Å². The maximum Gasteiger partial charge on any atom is 0.280 e. The number of nitrogens with one attached hydrogen (secondary N) is 3. The van der Waals surface area contributed by atoms with E-state index in [2.05, 4.69) is 20.6 Å². The zero-order valence-electron chi connectivity index (χ0n) is 27.3. The summed E-state index contributed by atoms with van der Waals surface area (Å²) in [6.45, 7) is -1.51. The van der Waals surface area contributed by atoms with E-state index < -0.39 is 61.8 Å². The minimum Gasteiger partial charge on any atom is -0.492 e. The van der Waals surface area contributed by atoms with E-state index >= 15 is 0 Å². The molecular formula is C30H49ClN8O11. The maximum absolute atomic E-state index is 12.3. The van der Waals surface area contributed by atoms with Crippen molar-refractivity contribution in [2.24, 2.45) is 0 Å². The van der Waals surface area contributed by atoms with Gasteiger partial charge in [-0.25, -0.2) is 9.97 Å². The lowest BCUT2D eigenvalue weighted by Gasteiger charge is -2.32. The van der Waals surface area contributed by atoms with Crippen LogP contribution in [0.5, 0.6) is 5.75 Å². The number of aliphatic hydroxyl groups excluding tert-OH is 9. The molecule has 19 nitrogen and oxygen atoms in total. The van der Waals surface area contributed by atoms with Crippen LogP contribution in [0.2, 0.25) is 5.15 Å². The molecule has 2 rings (SSSR count). The fraction of sp³-hybridized carbons (Fsp3) is 0.600. The Bertz CT molecular complexity index is 1330. The molecule has 1 aromatic heterocycles. The van der Waals surface area contributed by atoms with E-state index in [0.717, 1.165) is 12.0 Å². The number of anilines is 2. The van der Waals surface area contributed by atoms with Crippen molar-refractivity contribution in [1.29, 1.82) is 5.41 Å². The predicted octanol–water partition coefficient (Wildman–Crippen LogP) is -3.85. The van der Waals surface area contributed by atoms with Crippen molar-refractivity contribution < 1.29 is 55.5 Å². The van der Waals surface area contributed by atoms with Crippen molar-refractivity contribution in [3.63, 3.8) is 0 Å². The van der Waals surface area contributed by atoms with Crippen LogP contribution in [-0.4, -0.2) is 161 Å². The first-order valence-electron chi connectivity index (χ1n) is 15.8. The Balaban J connectivity index is 1.82. The Morgan fingerprint density at radius 2 is 1.52 bits per heavy atom. The molecule has 16 N–H and O–H groups in total. The highest BCUT2D eigenvalue weighted by atomic mass is 35.5. The number of nitrogens with two attached hydrogens (primary N) is 2. The summed E-state index contributed by atoms with van der Waals surface area (Å²) in [4.78, 5) is 21.3. The van der Waals surface area contributed by atoms with Gasteiger partial charge in [0.25, 0.3) is 5.91 Å². The smallest absolute Gasteiger partial charge is 0.280 e. The van der Waals surface area contributed by atoms with Crippen LogP contribution < -0.4 is 26.8 Å². The summed E-state index contributed by atoms with van der Waals surface area (Å²) in [5.74, 6) is -0.831. The van der Waals surface area contributed by atoms with E-state index in [-0.39, 0.29) is 61.1 Å². The second kappa shape index (κ2) is 21.7. The molecule has 0 aliphatic rings. The highest BCUT2D eigenvalue weighted by Gasteiger charge is 2.32. The molecule has 0 aliphatic heterocycles. The van der Waals surface area contributed by atoms with Crippen LogP contribution in [0.1, 0.15) is 35.3 Å². The van der Waals surface area contributed by atoms with Gasteiger partial charge in [-0.1, -0.05) is 23.7 Å². The Morgan fingerprint density at radius 3 is 2.16 bits per heavy atom. The average molecular weight is 733 g/mol. The second-order valence-electron chi connectivity index (χ2n) is 11.6. The third-order valence-electron chi connectivity index (χ3n) is 7.54. The van der Waals surface area contributed by atoms with Crippen LogP contribution in [0.3, 0.4) is 0 Å². The molecule has 282 valence electrons. The summed E-state index contributed by atoms with van der Waals surface area (Å²) in [6, 6.07) is 7.24. The van der Waals surface area contributed by atoms with Crippen LogP contribution in [-0.2, 0) is 6.42 Å². The number of rotatable bonds is 22. The summed E-state index contributed by atoms with van der Waals surface area (Å²) in [6.07, 6.45) is -9.27. The zero-order chi connectivity index (χ0) is 37.4. The van der Waals surface area contributed by atoms with Gasteiger partial charge in [0.05, 0.1) is 37.6 Å². The highest BCUT2D eigenvalue weighted by molar-refractivity contribution is 6.31. The molecule has 20 heteroatoms. The van der Waals surface area contributed by atoms with E-state index in [0.29, 0.717) is 25.1 Å². The first kappa shape index (κ1) is 42.7. The highest BCUT2D eigenvalue weighted by Crippen LogP contribution is 2.18.